The molecule has 0 amide bonds. The Labute approximate surface area is 160 Å². The number of aromatic nitrogens is 2. The van der Waals surface area contributed by atoms with E-state index < -0.39 is 22.0 Å². The Morgan fingerprint density at radius 1 is 1.22 bits per heavy atom. The number of sulfonamides is 1. The largest absolute Gasteiger partial charge is 0.404 e. The van der Waals surface area contributed by atoms with Crippen LogP contribution in [0.1, 0.15) is 6.99 Å². The van der Waals surface area contributed by atoms with Crippen LogP contribution in [0.15, 0.2) is 42.7 Å². The molecule has 0 atom stereocenters. The van der Waals surface area contributed by atoms with E-state index in [1.54, 1.807) is 18.3 Å². The van der Waals surface area contributed by atoms with E-state index in [9.17, 15) is 21.6 Å². The minimum atomic E-state index is -4.80. The van der Waals surface area contributed by atoms with Gasteiger partial charge in [0, 0.05) is 48.9 Å². The normalized spacial score (nSPS) is 12.6. The summed E-state index contributed by atoms with van der Waals surface area (Å²) < 4.78 is 63.8. The van der Waals surface area contributed by atoms with Crippen molar-refractivity contribution in [2.75, 3.05) is 5.75 Å². The fourth-order valence-electron chi connectivity index (χ4n) is 2.76. The molecule has 0 aliphatic heterocycles. The van der Waals surface area contributed by atoms with Crippen molar-refractivity contribution in [3.05, 3.63) is 53.3 Å². The van der Waals surface area contributed by atoms with Gasteiger partial charge in [-0.25, -0.2) is 13.1 Å². The molecule has 0 saturated heterocycles. The highest BCUT2D eigenvalue weighted by Crippen LogP contribution is 2.29. The van der Waals surface area contributed by atoms with E-state index in [0.717, 1.165) is 16.6 Å². The van der Waals surface area contributed by atoms with Crippen LogP contribution < -0.4 is 4.72 Å². The molecule has 0 fully saturated rings. The lowest BCUT2D eigenvalue weighted by atomic mass is 10.1. The van der Waals surface area contributed by atoms with Gasteiger partial charge in [-0.05, 0) is 29.8 Å². The molecule has 2 heterocycles. The zero-order valence-electron chi connectivity index (χ0n) is 14.1. The highest BCUT2D eigenvalue weighted by atomic mass is 35.5. The van der Waals surface area contributed by atoms with Crippen LogP contribution in [-0.4, -0.2) is 29.9 Å². The second-order valence-corrected chi connectivity index (χ2v) is 8.31. The topological polar surface area (TPSA) is 64.0 Å². The molecule has 146 valence electrons. The van der Waals surface area contributed by atoms with Gasteiger partial charge in [0.2, 0.25) is 10.0 Å². The summed E-state index contributed by atoms with van der Waals surface area (Å²) in [5.74, 6) is -1.92. The maximum Gasteiger partial charge on any atom is 0.404 e. The van der Waals surface area contributed by atoms with E-state index in [0.29, 0.717) is 16.1 Å². The van der Waals surface area contributed by atoms with E-state index in [2.05, 4.69) is 4.98 Å². The van der Waals surface area contributed by atoms with E-state index in [1.807, 2.05) is 34.5 Å². The summed E-state index contributed by atoms with van der Waals surface area (Å²) in [6.07, 6.45) is -1.79. The minimum absolute atomic E-state index is 0. The number of benzene rings is 1. The van der Waals surface area contributed by atoms with Gasteiger partial charge < -0.3 is 4.57 Å². The van der Waals surface area contributed by atoms with Crippen molar-refractivity contribution in [3.63, 3.8) is 0 Å². The van der Waals surface area contributed by atoms with Crippen molar-refractivity contribution in [2.24, 2.45) is 7.05 Å². The third kappa shape index (κ3) is 4.79. The van der Waals surface area contributed by atoms with Crippen LogP contribution in [0.4, 0.5) is 13.2 Å². The molecule has 3 rings (SSSR count). The molecular weight excluding hydrogens is 403 g/mol. The van der Waals surface area contributed by atoms with E-state index in [1.165, 1.54) is 6.20 Å². The number of aryl methyl sites for hydroxylation is 1. The lowest BCUT2D eigenvalue weighted by Crippen LogP contribution is -2.33. The summed E-state index contributed by atoms with van der Waals surface area (Å²) in [6, 6.07) is 9.09. The SMILES string of the molecule is Cn1c(-c2cncc(CNS(=O)(=O)CC(F)(F)F)c2)cc2ccc(Cl)cc21.[HH]. The second-order valence-electron chi connectivity index (χ2n) is 6.07. The predicted molar refractivity (Wildman–Crippen MR) is 100.0 cm³/mol. The molecular formula is C17H17ClF3N3O2S. The van der Waals surface area contributed by atoms with Gasteiger partial charge in [-0.1, -0.05) is 17.7 Å². The molecule has 0 spiro atoms. The Kier molecular flexibility index (Phi) is 5.20. The maximum absolute atomic E-state index is 12.3. The van der Waals surface area contributed by atoms with Crippen molar-refractivity contribution < 1.29 is 23.0 Å². The quantitative estimate of drug-likeness (QED) is 0.676. The fraction of sp³-hybridized carbons (Fsp3) is 0.235. The molecule has 27 heavy (non-hydrogen) atoms. The molecule has 0 bridgehead atoms. The Morgan fingerprint density at radius 2 is 1.96 bits per heavy atom. The van der Waals surface area contributed by atoms with Gasteiger partial charge in [0.25, 0.3) is 0 Å². The molecule has 0 unspecified atom stereocenters. The maximum atomic E-state index is 12.3. The molecule has 0 radical (unpaired) electrons. The fourth-order valence-corrected chi connectivity index (χ4v) is 3.85. The van der Waals surface area contributed by atoms with E-state index >= 15 is 0 Å². The first-order valence-electron chi connectivity index (χ1n) is 7.77. The van der Waals surface area contributed by atoms with E-state index in [4.69, 9.17) is 11.6 Å². The summed E-state index contributed by atoms with van der Waals surface area (Å²) in [5, 5.41) is 1.56. The monoisotopic (exact) mass is 419 g/mol. The summed E-state index contributed by atoms with van der Waals surface area (Å²) in [4.78, 5) is 4.07. The van der Waals surface area contributed by atoms with Gasteiger partial charge >= 0.3 is 6.18 Å². The summed E-state index contributed by atoms with van der Waals surface area (Å²) in [7, 11) is -2.62. The third-order valence-corrected chi connectivity index (χ3v) is 5.47. The number of halogens is 4. The average molecular weight is 420 g/mol. The van der Waals surface area contributed by atoms with Gasteiger partial charge in [-0.2, -0.15) is 13.2 Å². The molecule has 3 aromatic rings. The number of fused-ring (bicyclic) bond motifs is 1. The third-order valence-electron chi connectivity index (χ3n) is 3.95. The zero-order valence-corrected chi connectivity index (χ0v) is 15.7. The zero-order chi connectivity index (χ0) is 19.8. The van der Waals surface area contributed by atoms with Crippen molar-refractivity contribution in [1.82, 2.24) is 14.3 Å². The molecule has 10 heteroatoms. The highest BCUT2D eigenvalue weighted by molar-refractivity contribution is 7.89. The molecule has 0 saturated carbocycles. The highest BCUT2D eigenvalue weighted by Gasteiger charge is 2.34. The number of alkyl halides is 3. The van der Waals surface area contributed by atoms with E-state index in [-0.39, 0.29) is 7.97 Å². The molecule has 1 aromatic carbocycles. The Morgan fingerprint density at radius 3 is 2.67 bits per heavy atom. The second kappa shape index (κ2) is 7.14. The summed E-state index contributed by atoms with van der Waals surface area (Å²) in [6.45, 7) is -0.283. The molecule has 0 aliphatic rings. The summed E-state index contributed by atoms with van der Waals surface area (Å²) in [5.41, 5.74) is 2.88. The molecule has 2 aromatic heterocycles. The van der Waals surface area contributed by atoms with Crippen LogP contribution in [0.3, 0.4) is 0 Å². The summed E-state index contributed by atoms with van der Waals surface area (Å²) >= 11 is 6.03. The Bertz CT molecular complexity index is 1100. The standard InChI is InChI=1S/C17H15ClF3N3O2S.H2/c1-24-15(5-12-2-3-14(18)6-16(12)24)13-4-11(7-22-9-13)8-23-27(25,26)10-17(19,20)21;/h2-7,9,23H,8,10H2,1H3;1H. The number of hydrogen-bond acceptors (Lipinski definition) is 3. The minimum Gasteiger partial charge on any atom is -0.344 e. The van der Waals surface area contributed by atoms with Crippen LogP contribution in [0.5, 0.6) is 0 Å². The van der Waals surface area contributed by atoms with Gasteiger partial charge in [0.05, 0.1) is 5.69 Å². The van der Waals surface area contributed by atoms with Gasteiger partial charge in [0.15, 0.2) is 5.75 Å². The van der Waals surface area contributed by atoms with Crippen molar-refractivity contribution in [3.8, 4) is 11.3 Å². The first-order chi connectivity index (χ1) is 12.5. The van der Waals surface area contributed by atoms with Crippen molar-refractivity contribution in [1.29, 1.82) is 0 Å². The van der Waals surface area contributed by atoms with Crippen LogP contribution in [0.2, 0.25) is 5.02 Å². The molecule has 1 N–H and O–H groups in total. The number of nitrogens with zero attached hydrogens (tertiary/aromatic N) is 2. The van der Waals surface area contributed by atoms with Gasteiger partial charge in [-0.15, -0.1) is 0 Å². The molecule has 0 aliphatic carbocycles. The first kappa shape index (κ1) is 19.7. The number of nitrogens with one attached hydrogen (secondary N) is 1. The first-order valence-corrected chi connectivity index (χ1v) is 9.80. The lowest BCUT2D eigenvalue weighted by Gasteiger charge is -2.10. The van der Waals surface area contributed by atoms with Gasteiger partial charge in [0.1, 0.15) is 0 Å². The number of hydrogen-bond donors (Lipinski definition) is 1. The predicted octanol–water partition coefficient (Wildman–Crippen LogP) is 4.12. The van der Waals surface area contributed by atoms with Crippen LogP contribution >= 0.6 is 11.6 Å². The van der Waals surface area contributed by atoms with Gasteiger partial charge in [-0.3, -0.25) is 4.98 Å². The van der Waals surface area contributed by atoms with Crippen LogP contribution in [0, 0.1) is 0 Å². The number of rotatable bonds is 5. The van der Waals surface area contributed by atoms with Crippen molar-refractivity contribution >= 4 is 32.5 Å². The van der Waals surface area contributed by atoms with Crippen LogP contribution in [0.25, 0.3) is 22.2 Å². The van der Waals surface area contributed by atoms with Crippen molar-refractivity contribution in [2.45, 2.75) is 12.7 Å². The number of pyridine rings is 1. The Balaban J connectivity index is 0.00000280. The smallest absolute Gasteiger partial charge is 0.344 e. The van der Waals surface area contributed by atoms with Crippen LogP contribution in [-0.2, 0) is 23.6 Å². The Hall–Kier alpha value is -2.10. The average Bonchev–Trinajstić information content (AvgIpc) is 2.88. The lowest BCUT2D eigenvalue weighted by molar-refractivity contribution is -0.106. The molecule has 5 nitrogen and oxygen atoms in total.